The van der Waals surface area contributed by atoms with E-state index in [1.165, 1.54) is 36.0 Å². The second kappa shape index (κ2) is 8.34. The molecule has 0 unspecified atom stereocenters. The van der Waals surface area contributed by atoms with Gasteiger partial charge < -0.3 is 5.32 Å². The van der Waals surface area contributed by atoms with Crippen LogP contribution in [0.2, 0.25) is 5.02 Å². The summed E-state index contributed by atoms with van der Waals surface area (Å²) in [5.41, 5.74) is 1.87. The van der Waals surface area contributed by atoms with Crippen LogP contribution in [0.4, 0.5) is 15.8 Å². The predicted molar refractivity (Wildman–Crippen MR) is 118 cm³/mol. The molecule has 4 rings (SSSR count). The summed E-state index contributed by atoms with van der Waals surface area (Å²) in [6.45, 7) is 1.84. The van der Waals surface area contributed by atoms with Gasteiger partial charge in [-0.3, -0.25) is 9.59 Å². The van der Waals surface area contributed by atoms with Crippen LogP contribution in [0.25, 0.3) is 0 Å². The van der Waals surface area contributed by atoms with Crippen molar-refractivity contribution in [2.75, 3.05) is 10.2 Å². The number of halogens is 2. The predicted octanol–water partition coefficient (Wildman–Crippen LogP) is 5.78. The number of nitrogens with one attached hydrogen (secondary N) is 1. The van der Waals surface area contributed by atoms with E-state index >= 15 is 0 Å². The minimum Gasteiger partial charge on any atom is -0.350 e. The molecule has 1 heterocycles. The zero-order valence-corrected chi connectivity index (χ0v) is 17.4. The summed E-state index contributed by atoms with van der Waals surface area (Å²) in [5, 5.41) is 3.45. The fraction of sp³-hybridized carbons (Fsp3) is 0.0435. The minimum absolute atomic E-state index is 0.136. The van der Waals surface area contributed by atoms with Gasteiger partial charge in [-0.1, -0.05) is 47.6 Å². The number of carbonyl (C=O) groups excluding carboxylic acids is 2. The third-order valence-corrected chi connectivity index (χ3v) is 6.03. The van der Waals surface area contributed by atoms with Crippen LogP contribution < -0.4 is 10.2 Å². The van der Waals surface area contributed by atoms with Crippen LogP contribution >= 0.6 is 23.4 Å². The van der Waals surface area contributed by atoms with Crippen molar-refractivity contribution >= 4 is 46.6 Å². The van der Waals surface area contributed by atoms with Gasteiger partial charge in [0, 0.05) is 15.6 Å². The lowest BCUT2D eigenvalue weighted by Crippen LogP contribution is -2.32. The Morgan fingerprint density at radius 1 is 0.933 bits per heavy atom. The highest BCUT2D eigenvalue weighted by atomic mass is 35.5. The van der Waals surface area contributed by atoms with Crippen molar-refractivity contribution < 1.29 is 14.0 Å². The van der Waals surface area contributed by atoms with Crippen molar-refractivity contribution in [3.05, 3.63) is 99.8 Å². The van der Waals surface area contributed by atoms with E-state index in [4.69, 9.17) is 11.6 Å². The molecule has 1 aliphatic heterocycles. The molecule has 0 aliphatic carbocycles. The number of hydrogen-bond donors (Lipinski definition) is 1. The highest BCUT2D eigenvalue weighted by Crippen LogP contribution is 2.38. The monoisotopic (exact) mass is 438 g/mol. The minimum atomic E-state index is -0.498. The number of rotatable bonds is 5. The molecule has 0 radical (unpaired) electrons. The van der Waals surface area contributed by atoms with E-state index < -0.39 is 17.6 Å². The lowest BCUT2D eigenvalue weighted by Gasteiger charge is -2.16. The SMILES string of the molecule is Cc1ccc(N2C(=O)C(Nc3ccc(F)cc3)=C(Sc3ccccc3)C2=O)cc1Cl. The van der Waals surface area contributed by atoms with Gasteiger partial charge in [0.2, 0.25) is 0 Å². The topological polar surface area (TPSA) is 49.4 Å². The molecule has 0 aromatic heterocycles. The molecule has 3 aromatic carbocycles. The lowest BCUT2D eigenvalue weighted by atomic mass is 10.2. The second-order valence-electron chi connectivity index (χ2n) is 6.63. The van der Waals surface area contributed by atoms with Crippen LogP contribution in [0.1, 0.15) is 5.56 Å². The normalized spacial score (nSPS) is 13.9. The Hall–Kier alpha value is -3.09. The smallest absolute Gasteiger partial charge is 0.283 e. The van der Waals surface area contributed by atoms with Crippen molar-refractivity contribution in [2.45, 2.75) is 11.8 Å². The van der Waals surface area contributed by atoms with Gasteiger partial charge in [0.05, 0.1) is 5.69 Å². The number of anilines is 2. The average molecular weight is 439 g/mol. The Bertz CT molecular complexity index is 1160. The Balaban J connectivity index is 1.75. The van der Waals surface area contributed by atoms with Crippen LogP contribution in [-0.4, -0.2) is 11.8 Å². The van der Waals surface area contributed by atoms with Gasteiger partial charge in [0.25, 0.3) is 11.8 Å². The first-order valence-electron chi connectivity index (χ1n) is 9.09. The zero-order chi connectivity index (χ0) is 21.3. The fourth-order valence-corrected chi connectivity index (χ4v) is 4.08. The largest absolute Gasteiger partial charge is 0.350 e. The Morgan fingerprint density at radius 3 is 2.30 bits per heavy atom. The highest BCUT2D eigenvalue weighted by molar-refractivity contribution is 8.04. The van der Waals surface area contributed by atoms with Crippen molar-refractivity contribution in [1.82, 2.24) is 0 Å². The third kappa shape index (κ3) is 3.97. The molecule has 0 atom stereocenters. The number of amides is 2. The van der Waals surface area contributed by atoms with Crippen LogP contribution in [0, 0.1) is 12.7 Å². The summed E-state index contributed by atoms with van der Waals surface area (Å²) in [5.74, 6) is -1.33. The average Bonchev–Trinajstić information content (AvgIpc) is 2.96. The van der Waals surface area contributed by atoms with E-state index in [1.54, 1.807) is 18.2 Å². The number of benzene rings is 3. The highest BCUT2D eigenvalue weighted by Gasteiger charge is 2.40. The Labute approximate surface area is 182 Å². The molecule has 4 nitrogen and oxygen atoms in total. The first kappa shape index (κ1) is 20.2. The number of nitrogens with zero attached hydrogens (tertiary/aromatic N) is 1. The molecular formula is C23H16ClFN2O2S. The fourth-order valence-electron chi connectivity index (χ4n) is 2.95. The standard InChI is InChI=1S/C23H16ClFN2O2S/c1-14-7-12-17(13-19(14)24)27-22(28)20(26-16-10-8-15(25)9-11-16)21(23(27)29)30-18-5-3-2-4-6-18/h2-13,26H,1H3. The molecule has 7 heteroatoms. The molecule has 30 heavy (non-hydrogen) atoms. The first-order valence-corrected chi connectivity index (χ1v) is 10.3. The molecule has 1 N–H and O–H groups in total. The maximum Gasteiger partial charge on any atom is 0.283 e. The zero-order valence-electron chi connectivity index (χ0n) is 15.9. The Morgan fingerprint density at radius 2 is 1.63 bits per heavy atom. The summed E-state index contributed by atoms with van der Waals surface area (Å²) in [6, 6.07) is 19.9. The van der Waals surface area contributed by atoms with Crippen LogP contribution in [0.3, 0.4) is 0 Å². The van der Waals surface area contributed by atoms with Crippen molar-refractivity contribution in [1.29, 1.82) is 0 Å². The maximum absolute atomic E-state index is 13.3. The van der Waals surface area contributed by atoms with Crippen LogP contribution in [0.15, 0.2) is 88.3 Å². The summed E-state index contributed by atoms with van der Waals surface area (Å²) < 4.78 is 13.3. The second-order valence-corrected chi connectivity index (χ2v) is 8.12. The van der Waals surface area contributed by atoms with E-state index in [-0.39, 0.29) is 10.6 Å². The number of carbonyl (C=O) groups is 2. The maximum atomic E-state index is 13.3. The Kier molecular flexibility index (Phi) is 5.61. The molecule has 0 spiro atoms. The van der Waals surface area contributed by atoms with E-state index in [9.17, 15) is 14.0 Å². The molecule has 2 amide bonds. The van der Waals surface area contributed by atoms with Gasteiger partial charge in [-0.15, -0.1) is 0 Å². The summed E-state index contributed by atoms with van der Waals surface area (Å²) >= 11 is 7.41. The molecule has 150 valence electrons. The van der Waals surface area contributed by atoms with Crippen molar-refractivity contribution in [2.24, 2.45) is 0 Å². The molecule has 0 fully saturated rings. The van der Waals surface area contributed by atoms with E-state index in [1.807, 2.05) is 37.3 Å². The molecule has 0 saturated carbocycles. The first-order chi connectivity index (χ1) is 14.4. The quantitative estimate of drug-likeness (QED) is 0.513. The number of thioether (sulfide) groups is 1. The molecule has 0 saturated heterocycles. The van der Waals surface area contributed by atoms with Crippen molar-refractivity contribution in [3.63, 3.8) is 0 Å². The molecule has 3 aromatic rings. The van der Waals surface area contributed by atoms with E-state index in [0.29, 0.717) is 16.4 Å². The van der Waals surface area contributed by atoms with E-state index in [0.717, 1.165) is 15.4 Å². The third-order valence-electron chi connectivity index (χ3n) is 4.53. The van der Waals surface area contributed by atoms with Crippen molar-refractivity contribution in [3.8, 4) is 0 Å². The van der Waals surface area contributed by atoms with Crippen LogP contribution in [-0.2, 0) is 9.59 Å². The number of hydrogen-bond acceptors (Lipinski definition) is 4. The van der Waals surface area contributed by atoms with E-state index in [2.05, 4.69) is 5.32 Å². The van der Waals surface area contributed by atoms with Gasteiger partial charge in [-0.25, -0.2) is 9.29 Å². The van der Waals surface area contributed by atoms with Gasteiger partial charge >= 0.3 is 0 Å². The molecule has 0 bridgehead atoms. The lowest BCUT2D eigenvalue weighted by molar-refractivity contribution is -0.120. The number of imide groups is 1. The van der Waals surface area contributed by atoms with Gasteiger partial charge in [0.15, 0.2) is 0 Å². The van der Waals surface area contributed by atoms with Gasteiger partial charge in [0.1, 0.15) is 16.4 Å². The number of aryl methyl sites for hydroxylation is 1. The summed E-state index contributed by atoms with van der Waals surface area (Å²) in [4.78, 5) is 28.7. The summed E-state index contributed by atoms with van der Waals surface area (Å²) in [6.07, 6.45) is 0. The van der Waals surface area contributed by atoms with Crippen LogP contribution in [0.5, 0.6) is 0 Å². The molecular weight excluding hydrogens is 423 g/mol. The summed E-state index contributed by atoms with van der Waals surface area (Å²) in [7, 11) is 0. The van der Waals surface area contributed by atoms with Gasteiger partial charge in [-0.2, -0.15) is 0 Å². The van der Waals surface area contributed by atoms with Gasteiger partial charge in [-0.05, 0) is 61.0 Å². The molecule has 1 aliphatic rings.